The molecule has 0 bridgehead atoms. The standard InChI is InChI=1S/C19H25N3O/c1-21-10-12-22(13-11-21)18-6-2-16(3-7-18)14-20-15-17-4-8-19(23)9-5-17/h2-9,20,23H,10-15H2,1H3. The van der Waals surface area contributed by atoms with Crippen molar-refractivity contribution in [2.24, 2.45) is 0 Å². The molecule has 0 spiro atoms. The lowest BCUT2D eigenvalue weighted by atomic mass is 10.1. The first-order chi connectivity index (χ1) is 11.2. The van der Waals surface area contributed by atoms with E-state index in [0.29, 0.717) is 5.75 Å². The second-order valence-corrected chi connectivity index (χ2v) is 6.23. The highest BCUT2D eigenvalue weighted by Crippen LogP contribution is 2.17. The maximum Gasteiger partial charge on any atom is 0.115 e. The Labute approximate surface area is 138 Å². The fraction of sp³-hybridized carbons (Fsp3) is 0.368. The summed E-state index contributed by atoms with van der Waals surface area (Å²) in [6.45, 7) is 6.14. The Balaban J connectivity index is 1.48. The third kappa shape index (κ3) is 4.47. The van der Waals surface area contributed by atoms with Gasteiger partial charge in [-0.3, -0.25) is 0 Å². The fourth-order valence-corrected chi connectivity index (χ4v) is 2.85. The maximum atomic E-state index is 9.28. The van der Waals surface area contributed by atoms with Crippen LogP contribution in [-0.2, 0) is 13.1 Å². The Morgan fingerprint density at radius 2 is 1.35 bits per heavy atom. The van der Waals surface area contributed by atoms with Gasteiger partial charge in [0, 0.05) is 45.0 Å². The predicted molar refractivity (Wildman–Crippen MR) is 94.8 cm³/mol. The third-order valence-electron chi connectivity index (χ3n) is 4.40. The van der Waals surface area contributed by atoms with Gasteiger partial charge in [0.1, 0.15) is 5.75 Å². The van der Waals surface area contributed by atoms with Crippen molar-refractivity contribution in [2.45, 2.75) is 13.1 Å². The van der Waals surface area contributed by atoms with Gasteiger partial charge in [0.2, 0.25) is 0 Å². The second-order valence-electron chi connectivity index (χ2n) is 6.23. The lowest BCUT2D eigenvalue weighted by molar-refractivity contribution is 0.313. The van der Waals surface area contributed by atoms with Crippen molar-refractivity contribution < 1.29 is 5.11 Å². The van der Waals surface area contributed by atoms with Gasteiger partial charge >= 0.3 is 0 Å². The van der Waals surface area contributed by atoms with E-state index in [9.17, 15) is 5.11 Å². The van der Waals surface area contributed by atoms with Gasteiger partial charge in [-0.1, -0.05) is 24.3 Å². The highest BCUT2D eigenvalue weighted by molar-refractivity contribution is 5.48. The Hall–Kier alpha value is -2.04. The second kappa shape index (κ2) is 7.49. The molecular weight excluding hydrogens is 286 g/mol. The summed E-state index contributed by atoms with van der Waals surface area (Å²) < 4.78 is 0. The first kappa shape index (κ1) is 15.8. The molecule has 1 fully saturated rings. The van der Waals surface area contributed by atoms with E-state index in [2.05, 4.69) is 46.4 Å². The molecule has 2 aromatic rings. The smallest absolute Gasteiger partial charge is 0.115 e. The molecule has 4 heteroatoms. The SMILES string of the molecule is CN1CCN(c2ccc(CNCc3ccc(O)cc3)cc2)CC1. The van der Waals surface area contributed by atoms with Crippen molar-refractivity contribution in [3.63, 3.8) is 0 Å². The molecule has 1 aliphatic rings. The summed E-state index contributed by atoms with van der Waals surface area (Å²) in [6, 6.07) is 16.2. The van der Waals surface area contributed by atoms with Gasteiger partial charge in [-0.05, 0) is 42.4 Å². The van der Waals surface area contributed by atoms with Crippen molar-refractivity contribution >= 4 is 5.69 Å². The molecule has 0 radical (unpaired) electrons. The minimum Gasteiger partial charge on any atom is -0.508 e. The average Bonchev–Trinajstić information content (AvgIpc) is 2.58. The molecule has 0 aromatic heterocycles. The number of nitrogens with one attached hydrogen (secondary N) is 1. The normalized spacial score (nSPS) is 15.8. The molecule has 0 amide bonds. The van der Waals surface area contributed by atoms with Gasteiger partial charge in [-0.15, -0.1) is 0 Å². The molecule has 1 saturated heterocycles. The number of piperazine rings is 1. The molecule has 0 saturated carbocycles. The van der Waals surface area contributed by atoms with E-state index in [4.69, 9.17) is 0 Å². The number of nitrogens with zero attached hydrogens (tertiary/aromatic N) is 2. The number of benzene rings is 2. The summed E-state index contributed by atoms with van der Waals surface area (Å²) in [4.78, 5) is 4.83. The highest BCUT2D eigenvalue weighted by atomic mass is 16.3. The zero-order valence-corrected chi connectivity index (χ0v) is 13.7. The van der Waals surface area contributed by atoms with E-state index in [0.717, 1.165) is 39.3 Å². The molecule has 3 rings (SSSR count). The molecule has 1 heterocycles. The number of hydrogen-bond acceptors (Lipinski definition) is 4. The molecule has 0 unspecified atom stereocenters. The van der Waals surface area contributed by atoms with Crippen LogP contribution in [-0.4, -0.2) is 43.2 Å². The fourth-order valence-electron chi connectivity index (χ4n) is 2.85. The van der Waals surface area contributed by atoms with E-state index in [1.807, 2.05) is 12.1 Å². The molecule has 1 aliphatic heterocycles. The van der Waals surface area contributed by atoms with Crippen LogP contribution in [0.3, 0.4) is 0 Å². The number of phenols is 1. The van der Waals surface area contributed by atoms with Crippen LogP contribution in [0.25, 0.3) is 0 Å². The molecule has 2 N–H and O–H groups in total. The number of likely N-dealkylation sites (N-methyl/N-ethyl adjacent to an activating group) is 1. The van der Waals surface area contributed by atoms with Crippen molar-refractivity contribution in [3.05, 3.63) is 59.7 Å². The molecular formula is C19H25N3O. The zero-order chi connectivity index (χ0) is 16.1. The van der Waals surface area contributed by atoms with E-state index in [1.54, 1.807) is 12.1 Å². The van der Waals surface area contributed by atoms with Crippen LogP contribution < -0.4 is 10.2 Å². The van der Waals surface area contributed by atoms with Gasteiger partial charge in [-0.2, -0.15) is 0 Å². The summed E-state index contributed by atoms with van der Waals surface area (Å²) in [7, 11) is 2.18. The van der Waals surface area contributed by atoms with Crippen LogP contribution in [0.15, 0.2) is 48.5 Å². The van der Waals surface area contributed by atoms with Crippen LogP contribution in [0.2, 0.25) is 0 Å². The van der Waals surface area contributed by atoms with Gasteiger partial charge in [0.05, 0.1) is 0 Å². The lowest BCUT2D eigenvalue weighted by Gasteiger charge is -2.34. The molecule has 122 valence electrons. The van der Waals surface area contributed by atoms with Gasteiger partial charge < -0.3 is 20.2 Å². The van der Waals surface area contributed by atoms with E-state index < -0.39 is 0 Å². The van der Waals surface area contributed by atoms with Crippen LogP contribution in [0.5, 0.6) is 5.75 Å². The van der Waals surface area contributed by atoms with Gasteiger partial charge in [0.25, 0.3) is 0 Å². The first-order valence-corrected chi connectivity index (χ1v) is 8.22. The van der Waals surface area contributed by atoms with Crippen molar-refractivity contribution in [3.8, 4) is 5.75 Å². The number of anilines is 1. The molecule has 2 aromatic carbocycles. The summed E-state index contributed by atoms with van der Waals surface area (Å²) in [5.74, 6) is 0.313. The molecule has 0 aliphatic carbocycles. The van der Waals surface area contributed by atoms with Crippen LogP contribution in [0.1, 0.15) is 11.1 Å². The summed E-state index contributed by atoms with van der Waals surface area (Å²) in [5, 5.41) is 12.7. The monoisotopic (exact) mass is 311 g/mol. The Bertz CT molecular complexity index is 602. The van der Waals surface area contributed by atoms with Gasteiger partial charge in [0.15, 0.2) is 0 Å². The predicted octanol–water partition coefficient (Wildman–Crippen LogP) is 2.43. The lowest BCUT2D eigenvalue weighted by Crippen LogP contribution is -2.44. The Kier molecular flexibility index (Phi) is 5.16. The Morgan fingerprint density at radius 3 is 1.91 bits per heavy atom. The number of phenolic OH excluding ortho intramolecular Hbond substituents is 1. The maximum absolute atomic E-state index is 9.28. The van der Waals surface area contributed by atoms with Crippen molar-refractivity contribution in [1.82, 2.24) is 10.2 Å². The Morgan fingerprint density at radius 1 is 0.826 bits per heavy atom. The quantitative estimate of drug-likeness (QED) is 0.889. The third-order valence-corrected chi connectivity index (χ3v) is 4.40. The summed E-state index contributed by atoms with van der Waals surface area (Å²) in [5.41, 5.74) is 3.79. The van der Waals surface area contributed by atoms with Gasteiger partial charge in [-0.25, -0.2) is 0 Å². The number of aromatic hydroxyl groups is 1. The molecule has 4 nitrogen and oxygen atoms in total. The van der Waals surface area contributed by atoms with Crippen LogP contribution in [0.4, 0.5) is 5.69 Å². The molecule has 0 atom stereocenters. The topological polar surface area (TPSA) is 38.7 Å². The van der Waals surface area contributed by atoms with E-state index in [-0.39, 0.29) is 0 Å². The first-order valence-electron chi connectivity index (χ1n) is 8.22. The van der Waals surface area contributed by atoms with Crippen molar-refractivity contribution in [1.29, 1.82) is 0 Å². The van der Waals surface area contributed by atoms with E-state index >= 15 is 0 Å². The summed E-state index contributed by atoms with van der Waals surface area (Å²) in [6.07, 6.45) is 0. The number of hydrogen-bond donors (Lipinski definition) is 2. The van der Waals surface area contributed by atoms with E-state index in [1.165, 1.54) is 16.8 Å². The minimum absolute atomic E-state index is 0.313. The highest BCUT2D eigenvalue weighted by Gasteiger charge is 2.13. The molecule has 23 heavy (non-hydrogen) atoms. The van der Waals surface area contributed by atoms with Crippen molar-refractivity contribution in [2.75, 3.05) is 38.1 Å². The van der Waals surface area contributed by atoms with Crippen LogP contribution >= 0.6 is 0 Å². The number of rotatable bonds is 5. The minimum atomic E-state index is 0.313. The van der Waals surface area contributed by atoms with Crippen LogP contribution in [0, 0.1) is 0 Å². The zero-order valence-electron chi connectivity index (χ0n) is 13.7. The largest absolute Gasteiger partial charge is 0.508 e. The summed E-state index contributed by atoms with van der Waals surface area (Å²) >= 11 is 0. The average molecular weight is 311 g/mol.